The van der Waals surface area contributed by atoms with E-state index in [1.807, 2.05) is 0 Å². The molecule has 1 unspecified atom stereocenters. The van der Waals surface area contributed by atoms with Crippen LogP contribution < -0.4 is 5.32 Å². The van der Waals surface area contributed by atoms with Crippen LogP contribution in [0.4, 0.5) is 18.9 Å². The Hall–Kier alpha value is -2.47. The van der Waals surface area contributed by atoms with Crippen LogP contribution in [0.15, 0.2) is 23.6 Å². The van der Waals surface area contributed by atoms with Crippen molar-refractivity contribution in [1.29, 1.82) is 0 Å². The zero-order valence-corrected chi connectivity index (χ0v) is 17.2. The number of rotatable bonds is 5. The number of thiazole rings is 1. The molecule has 12 heteroatoms. The normalized spacial score (nSPS) is 13.6. The largest absolute Gasteiger partial charge is 0.453 e. The van der Waals surface area contributed by atoms with E-state index >= 15 is 0 Å². The van der Waals surface area contributed by atoms with Crippen LogP contribution in [0.2, 0.25) is 0 Å². The summed E-state index contributed by atoms with van der Waals surface area (Å²) in [6.07, 6.45) is -3.87. The molecule has 0 aliphatic carbocycles. The first kappa shape index (κ1) is 21.2. The molecule has 3 aromatic rings. The van der Waals surface area contributed by atoms with Crippen molar-refractivity contribution < 1.29 is 26.4 Å². The lowest BCUT2D eigenvalue weighted by Crippen LogP contribution is -2.24. The Kier molecular flexibility index (Phi) is 5.43. The molecule has 1 N–H and O–H groups in total. The predicted molar refractivity (Wildman–Crippen MR) is 104 cm³/mol. The van der Waals surface area contributed by atoms with Gasteiger partial charge in [-0.3, -0.25) is 4.79 Å². The summed E-state index contributed by atoms with van der Waals surface area (Å²) in [5, 5.41) is 6.93. The second-order valence-corrected chi connectivity index (χ2v) is 9.99. The molecule has 0 aliphatic heterocycles. The number of anilines is 1. The molecule has 7 nitrogen and oxygen atoms in total. The van der Waals surface area contributed by atoms with Gasteiger partial charge in [-0.15, -0.1) is 16.4 Å². The monoisotopic (exact) mass is 446 g/mol. The van der Waals surface area contributed by atoms with E-state index in [4.69, 9.17) is 0 Å². The number of carbonyl (C=O) groups excluding carboxylic acids is 1. The number of nitrogens with one attached hydrogen (secondary N) is 1. The molecule has 0 fully saturated rings. The highest BCUT2D eigenvalue weighted by Gasteiger charge is 2.37. The number of hydrogen-bond donors (Lipinski definition) is 1. The van der Waals surface area contributed by atoms with Gasteiger partial charge in [0.25, 0.3) is 5.82 Å². The summed E-state index contributed by atoms with van der Waals surface area (Å²) >= 11 is 0.991. The number of alkyl halides is 3. The van der Waals surface area contributed by atoms with E-state index in [9.17, 15) is 26.4 Å². The van der Waals surface area contributed by atoms with Crippen LogP contribution in [0.5, 0.6) is 0 Å². The van der Waals surface area contributed by atoms with E-state index in [1.54, 1.807) is 30.5 Å². The number of sulfone groups is 1. The smallest absolute Gasteiger partial charge is 0.325 e. The summed E-state index contributed by atoms with van der Waals surface area (Å²) in [6, 6.07) is 5.04. The van der Waals surface area contributed by atoms with Gasteiger partial charge in [0.15, 0.2) is 9.84 Å². The Labute approximate surface area is 168 Å². The molecule has 2 aromatic heterocycles. The SMILES string of the molecule is Cc1ccc(NC(=O)CC(C)S(C)(=O)=O)c(-c2csc3nc(C(F)(F)F)nn23)c1. The molecule has 29 heavy (non-hydrogen) atoms. The third kappa shape index (κ3) is 4.58. The van der Waals surface area contributed by atoms with Crippen molar-refractivity contribution in [2.24, 2.45) is 0 Å². The van der Waals surface area contributed by atoms with Crippen molar-refractivity contribution in [2.75, 3.05) is 11.6 Å². The molecule has 3 rings (SSSR count). The van der Waals surface area contributed by atoms with Crippen molar-refractivity contribution in [2.45, 2.75) is 31.7 Å². The van der Waals surface area contributed by atoms with Crippen LogP contribution in [0.3, 0.4) is 0 Å². The van der Waals surface area contributed by atoms with Gasteiger partial charge in [-0.25, -0.2) is 12.9 Å². The lowest BCUT2D eigenvalue weighted by Gasteiger charge is -2.13. The maximum absolute atomic E-state index is 12.9. The molecule has 0 spiro atoms. The average Bonchev–Trinajstić information content (AvgIpc) is 3.15. The number of halogens is 3. The van der Waals surface area contributed by atoms with Crippen LogP contribution in [0, 0.1) is 6.92 Å². The second-order valence-electron chi connectivity index (χ2n) is 6.69. The van der Waals surface area contributed by atoms with Gasteiger partial charge in [0.05, 0.1) is 16.6 Å². The van der Waals surface area contributed by atoms with Gasteiger partial charge in [0.2, 0.25) is 10.9 Å². The summed E-state index contributed by atoms with van der Waals surface area (Å²) in [4.78, 5) is 15.9. The van der Waals surface area contributed by atoms with Gasteiger partial charge in [-0.2, -0.15) is 18.2 Å². The van der Waals surface area contributed by atoms with Gasteiger partial charge in [-0.05, 0) is 26.0 Å². The lowest BCUT2D eigenvalue weighted by molar-refractivity contribution is -0.144. The zero-order chi connectivity index (χ0) is 21.6. The Bertz CT molecular complexity index is 1180. The minimum atomic E-state index is -4.67. The van der Waals surface area contributed by atoms with Gasteiger partial charge < -0.3 is 5.32 Å². The van der Waals surface area contributed by atoms with Crippen LogP contribution in [-0.2, 0) is 20.8 Å². The lowest BCUT2D eigenvalue weighted by atomic mass is 10.1. The standard InChI is InChI=1S/C17H17F3N4O3S2/c1-9-4-5-12(21-14(25)7-10(2)29(3,26)27)11(6-9)13-8-28-16-22-15(17(18,19)20)23-24(13)16/h4-6,8,10H,7H2,1-3H3,(H,21,25). The van der Waals surface area contributed by atoms with E-state index in [1.165, 1.54) is 6.92 Å². The van der Waals surface area contributed by atoms with Crippen LogP contribution in [0.25, 0.3) is 16.2 Å². The molecule has 0 radical (unpaired) electrons. The quantitative estimate of drug-likeness (QED) is 0.647. The first-order chi connectivity index (χ1) is 13.4. The van der Waals surface area contributed by atoms with E-state index in [-0.39, 0.29) is 11.4 Å². The van der Waals surface area contributed by atoms with Crippen molar-refractivity contribution in [3.05, 3.63) is 35.0 Å². The molecule has 1 aromatic carbocycles. The minimum absolute atomic E-state index is 0.0665. The molecule has 2 heterocycles. The molecule has 0 saturated heterocycles. The van der Waals surface area contributed by atoms with Gasteiger partial charge in [0.1, 0.15) is 0 Å². The molecule has 0 aliphatic rings. The third-order valence-electron chi connectivity index (χ3n) is 4.26. The van der Waals surface area contributed by atoms with E-state index in [0.717, 1.165) is 27.7 Å². The average molecular weight is 446 g/mol. The first-order valence-corrected chi connectivity index (χ1v) is 11.2. The Morgan fingerprint density at radius 1 is 1.34 bits per heavy atom. The number of carbonyl (C=O) groups is 1. The Morgan fingerprint density at radius 2 is 2.03 bits per heavy atom. The van der Waals surface area contributed by atoms with Crippen LogP contribution in [0.1, 0.15) is 24.7 Å². The second kappa shape index (κ2) is 7.41. The number of amides is 1. The van der Waals surface area contributed by atoms with Gasteiger partial charge in [0, 0.05) is 23.6 Å². The predicted octanol–water partition coefficient (Wildman–Crippen LogP) is 3.55. The molecule has 1 amide bonds. The highest BCUT2D eigenvalue weighted by atomic mass is 32.2. The highest BCUT2D eigenvalue weighted by molar-refractivity contribution is 7.91. The molecular formula is C17H17F3N4O3S2. The van der Waals surface area contributed by atoms with Crippen LogP contribution >= 0.6 is 11.3 Å². The van der Waals surface area contributed by atoms with Crippen molar-refractivity contribution >= 4 is 37.7 Å². The summed E-state index contributed by atoms with van der Waals surface area (Å²) in [5.74, 6) is -1.76. The van der Waals surface area contributed by atoms with Gasteiger partial charge in [-0.1, -0.05) is 11.6 Å². The first-order valence-electron chi connectivity index (χ1n) is 8.37. The molecular weight excluding hydrogens is 429 g/mol. The maximum Gasteiger partial charge on any atom is 0.453 e. The topological polar surface area (TPSA) is 93.4 Å². The number of aromatic nitrogens is 3. The number of hydrogen-bond acceptors (Lipinski definition) is 6. The fourth-order valence-electron chi connectivity index (χ4n) is 2.58. The Balaban J connectivity index is 1.99. The fraction of sp³-hybridized carbons (Fsp3) is 0.353. The van der Waals surface area contributed by atoms with Crippen molar-refractivity contribution in [3.63, 3.8) is 0 Å². The molecule has 1 atom stereocenters. The maximum atomic E-state index is 12.9. The summed E-state index contributed by atoms with van der Waals surface area (Å²) in [6.45, 7) is 3.23. The van der Waals surface area contributed by atoms with Crippen molar-refractivity contribution in [1.82, 2.24) is 14.6 Å². The molecule has 156 valence electrons. The number of aryl methyl sites for hydroxylation is 1. The molecule has 0 bridgehead atoms. The van der Waals surface area contributed by atoms with Crippen LogP contribution in [-0.4, -0.2) is 40.4 Å². The number of nitrogens with zero attached hydrogens (tertiary/aromatic N) is 3. The minimum Gasteiger partial charge on any atom is -0.325 e. The van der Waals surface area contributed by atoms with E-state index in [2.05, 4.69) is 15.4 Å². The van der Waals surface area contributed by atoms with E-state index < -0.39 is 33.0 Å². The summed E-state index contributed by atoms with van der Waals surface area (Å²) < 4.78 is 63.0. The number of fused-ring (bicyclic) bond motifs is 1. The third-order valence-corrected chi connectivity index (χ3v) is 6.71. The van der Waals surface area contributed by atoms with Crippen molar-refractivity contribution in [3.8, 4) is 11.3 Å². The number of benzene rings is 1. The zero-order valence-electron chi connectivity index (χ0n) is 15.6. The fourth-order valence-corrected chi connectivity index (χ4v) is 3.86. The summed E-state index contributed by atoms with van der Waals surface area (Å²) in [7, 11) is -3.38. The molecule has 0 saturated carbocycles. The van der Waals surface area contributed by atoms with Gasteiger partial charge >= 0.3 is 6.18 Å². The Morgan fingerprint density at radius 3 is 2.66 bits per heavy atom. The summed E-state index contributed by atoms with van der Waals surface area (Å²) in [5.41, 5.74) is 1.95. The van der Waals surface area contributed by atoms with E-state index in [0.29, 0.717) is 16.9 Å². The highest BCUT2D eigenvalue weighted by Crippen LogP contribution is 2.34.